The van der Waals surface area contributed by atoms with Gasteiger partial charge in [-0.25, -0.2) is 9.97 Å². The van der Waals surface area contributed by atoms with Gasteiger partial charge in [0.15, 0.2) is 0 Å². The lowest BCUT2D eigenvalue weighted by Gasteiger charge is -2.06. The number of anilines is 1. The molecule has 0 fully saturated rings. The van der Waals surface area contributed by atoms with Crippen LogP contribution in [0.3, 0.4) is 0 Å². The Hall–Kier alpha value is -1.92. The smallest absolute Gasteiger partial charge is 0.259 e. The minimum absolute atomic E-state index is 0.136. The SMILES string of the molecule is COc1cc(C)nc(NC(=O)c2cnc(Cl)c(Cl)c2)n1. The molecule has 104 valence electrons. The summed E-state index contributed by atoms with van der Waals surface area (Å²) in [6, 6.07) is 3.07. The van der Waals surface area contributed by atoms with E-state index in [-0.39, 0.29) is 21.7 Å². The molecule has 0 aromatic carbocycles. The number of nitrogens with zero attached hydrogens (tertiary/aromatic N) is 3. The number of nitrogens with one attached hydrogen (secondary N) is 1. The van der Waals surface area contributed by atoms with E-state index in [4.69, 9.17) is 27.9 Å². The van der Waals surface area contributed by atoms with Gasteiger partial charge < -0.3 is 4.74 Å². The molecule has 0 bridgehead atoms. The minimum atomic E-state index is -0.441. The Morgan fingerprint density at radius 3 is 2.70 bits per heavy atom. The molecule has 0 saturated heterocycles. The highest BCUT2D eigenvalue weighted by molar-refractivity contribution is 6.41. The van der Waals surface area contributed by atoms with E-state index >= 15 is 0 Å². The van der Waals surface area contributed by atoms with Crippen LogP contribution in [0.4, 0.5) is 5.95 Å². The third kappa shape index (κ3) is 3.34. The molecule has 0 spiro atoms. The first-order valence-electron chi connectivity index (χ1n) is 5.51. The van der Waals surface area contributed by atoms with Crippen molar-refractivity contribution in [2.75, 3.05) is 12.4 Å². The second kappa shape index (κ2) is 6.02. The second-order valence-electron chi connectivity index (χ2n) is 3.83. The quantitative estimate of drug-likeness (QED) is 0.882. The predicted octanol–water partition coefficient (Wildman–Crippen LogP) is 2.75. The number of carbonyl (C=O) groups is 1. The molecule has 20 heavy (non-hydrogen) atoms. The summed E-state index contributed by atoms with van der Waals surface area (Å²) in [6.45, 7) is 1.76. The first-order chi connectivity index (χ1) is 9.49. The van der Waals surface area contributed by atoms with Gasteiger partial charge in [-0.2, -0.15) is 4.98 Å². The number of halogens is 2. The zero-order chi connectivity index (χ0) is 14.7. The highest BCUT2D eigenvalue weighted by Crippen LogP contribution is 2.20. The number of carbonyl (C=O) groups excluding carboxylic acids is 1. The number of ether oxygens (including phenoxy) is 1. The zero-order valence-corrected chi connectivity index (χ0v) is 12.2. The maximum Gasteiger partial charge on any atom is 0.259 e. The summed E-state index contributed by atoms with van der Waals surface area (Å²) in [4.78, 5) is 23.9. The fraction of sp³-hybridized carbons (Fsp3) is 0.167. The Balaban J connectivity index is 2.23. The van der Waals surface area contributed by atoms with E-state index in [2.05, 4.69) is 20.3 Å². The maximum absolute atomic E-state index is 12.0. The van der Waals surface area contributed by atoms with E-state index < -0.39 is 5.91 Å². The number of aromatic nitrogens is 3. The molecule has 0 saturated carbocycles. The average molecular weight is 313 g/mol. The van der Waals surface area contributed by atoms with Gasteiger partial charge >= 0.3 is 0 Å². The lowest BCUT2D eigenvalue weighted by atomic mass is 10.3. The summed E-state index contributed by atoms with van der Waals surface area (Å²) in [7, 11) is 1.48. The Kier molecular flexibility index (Phi) is 4.36. The van der Waals surface area contributed by atoms with Crippen LogP contribution in [0.15, 0.2) is 18.3 Å². The minimum Gasteiger partial charge on any atom is -0.481 e. The molecule has 8 heteroatoms. The predicted molar refractivity (Wildman–Crippen MR) is 75.5 cm³/mol. The van der Waals surface area contributed by atoms with Crippen molar-refractivity contribution in [1.82, 2.24) is 15.0 Å². The van der Waals surface area contributed by atoms with Crippen molar-refractivity contribution in [2.24, 2.45) is 0 Å². The maximum atomic E-state index is 12.0. The molecular weight excluding hydrogens is 303 g/mol. The number of methoxy groups -OCH3 is 1. The zero-order valence-electron chi connectivity index (χ0n) is 10.6. The molecule has 0 atom stereocenters. The van der Waals surface area contributed by atoms with Gasteiger partial charge in [0.05, 0.1) is 17.7 Å². The standard InChI is InChI=1S/C12H10Cl2N4O2/c1-6-3-9(20-2)17-12(16-6)18-11(19)7-4-8(13)10(14)15-5-7/h3-5H,1-2H3,(H,16,17,18,19). The Bertz CT molecular complexity index is 664. The van der Waals surface area contributed by atoms with E-state index in [1.807, 2.05) is 0 Å². The van der Waals surface area contributed by atoms with E-state index in [1.165, 1.54) is 19.4 Å². The lowest BCUT2D eigenvalue weighted by Crippen LogP contribution is -2.15. The largest absolute Gasteiger partial charge is 0.481 e. The lowest BCUT2D eigenvalue weighted by molar-refractivity contribution is 0.102. The molecule has 6 nitrogen and oxygen atoms in total. The van der Waals surface area contributed by atoms with Gasteiger partial charge in [-0.1, -0.05) is 23.2 Å². The van der Waals surface area contributed by atoms with Crippen molar-refractivity contribution in [2.45, 2.75) is 6.92 Å². The van der Waals surface area contributed by atoms with Crippen molar-refractivity contribution < 1.29 is 9.53 Å². The van der Waals surface area contributed by atoms with E-state index in [0.29, 0.717) is 11.6 Å². The van der Waals surface area contributed by atoms with Crippen molar-refractivity contribution in [3.63, 3.8) is 0 Å². The number of hydrogen-bond acceptors (Lipinski definition) is 5. The molecule has 2 aromatic rings. The second-order valence-corrected chi connectivity index (χ2v) is 4.59. The van der Waals surface area contributed by atoms with Gasteiger partial charge in [0.2, 0.25) is 11.8 Å². The molecule has 0 aliphatic rings. The van der Waals surface area contributed by atoms with Crippen LogP contribution in [0, 0.1) is 6.92 Å². The van der Waals surface area contributed by atoms with Crippen LogP contribution in [0.1, 0.15) is 16.1 Å². The summed E-state index contributed by atoms with van der Waals surface area (Å²) in [5, 5.41) is 2.87. The first-order valence-corrected chi connectivity index (χ1v) is 6.27. The summed E-state index contributed by atoms with van der Waals surface area (Å²) in [5.41, 5.74) is 0.919. The molecular formula is C12H10Cl2N4O2. The summed E-state index contributed by atoms with van der Waals surface area (Å²) in [5.74, 6) is 0.0571. The Labute approximate surface area is 125 Å². The highest BCUT2D eigenvalue weighted by atomic mass is 35.5. The number of aryl methyl sites for hydroxylation is 1. The average Bonchev–Trinajstić information content (AvgIpc) is 2.41. The number of hydrogen-bond donors (Lipinski definition) is 1. The molecule has 0 unspecified atom stereocenters. The van der Waals surface area contributed by atoms with Gasteiger partial charge in [0, 0.05) is 18.0 Å². The van der Waals surface area contributed by atoms with Crippen LogP contribution in [0.5, 0.6) is 5.88 Å². The molecule has 2 rings (SSSR count). The van der Waals surface area contributed by atoms with Crippen molar-refractivity contribution >= 4 is 35.1 Å². The topological polar surface area (TPSA) is 77.0 Å². The molecule has 0 radical (unpaired) electrons. The van der Waals surface area contributed by atoms with Crippen molar-refractivity contribution in [1.29, 1.82) is 0 Å². The third-order valence-corrected chi connectivity index (χ3v) is 3.01. The van der Waals surface area contributed by atoms with Crippen LogP contribution >= 0.6 is 23.2 Å². The van der Waals surface area contributed by atoms with Crippen LogP contribution in [-0.4, -0.2) is 28.0 Å². The normalized spacial score (nSPS) is 10.2. The fourth-order valence-corrected chi connectivity index (χ4v) is 1.69. The Morgan fingerprint density at radius 1 is 1.30 bits per heavy atom. The van der Waals surface area contributed by atoms with E-state index in [1.54, 1.807) is 13.0 Å². The van der Waals surface area contributed by atoms with Gasteiger partial charge in [0.1, 0.15) is 5.15 Å². The molecule has 0 aliphatic heterocycles. The van der Waals surface area contributed by atoms with Crippen LogP contribution < -0.4 is 10.1 Å². The monoisotopic (exact) mass is 312 g/mol. The number of rotatable bonds is 3. The van der Waals surface area contributed by atoms with Crippen molar-refractivity contribution in [3.05, 3.63) is 39.8 Å². The molecule has 2 aromatic heterocycles. The summed E-state index contributed by atoms with van der Waals surface area (Å²) < 4.78 is 5.00. The van der Waals surface area contributed by atoms with Gasteiger partial charge in [-0.05, 0) is 13.0 Å². The summed E-state index contributed by atoms with van der Waals surface area (Å²) >= 11 is 11.5. The molecule has 1 N–H and O–H groups in total. The third-order valence-electron chi connectivity index (χ3n) is 2.32. The fourth-order valence-electron chi connectivity index (χ4n) is 1.42. The van der Waals surface area contributed by atoms with Gasteiger partial charge in [-0.3, -0.25) is 10.1 Å². The molecule has 1 amide bonds. The molecule has 2 heterocycles. The van der Waals surface area contributed by atoms with Crippen LogP contribution in [0.25, 0.3) is 0 Å². The van der Waals surface area contributed by atoms with E-state index in [0.717, 1.165) is 0 Å². The van der Waals surface area contributed by atoms with E-state index in [9.17, 15) is 4.79 Å². The van der Waals surface area contributed by atoms with Crippen LogP contribution in [-0.2, 0) is 0 Å². The first kappa shape index (κ1) is 14.5. The van der Waals surface area contributed by atoms with Crippen molar-refractivity contribution in [3.8, 4) is 5.88 Å². The van der Waals surface area contributed by atoms with Gasteiger partial charge in [-0.15, -0.1) is 0 Å². The highest BCUT2D eigenvalue weighted by Gasteiger charge is 2.12. The van der Waals surface area contributed by atoms with Gasteiger partial charge in [0.25, 0.3) is 5.91 Å². The van der Waals surface area contributed by atoms with Crippen LogP contribution in [0.2, 0.25) is 10.2 Å². The Morgan fingerprint density at radius 2 is 2.05 bits per heavy atom. The number of pyridine rings is 1. The number of amides is 1. The molecule has 0 aliphatic carbocycles. The summed E-state index contributed by atoms with van der Waals surface area (Å²) in [6.07, 6.45) is 1.32.